The van der Waals surface area contributed by atoms with Crippen molar-refractivity contribution >= 4 is 54.5 Å². The molecule has 3 heterocycles. The zero-order valence-electron chi connectivity index (χ0n) is 14.5. The van der Waals surface area contributed by atoms with Gasteiger partial charge in [-0.2, -0.15) is 4.31 Å². The van der Waals surface area contributed by atoms with Crippen LogP contribution in [0, 0.1) is 6.92 Å². The predicted octanol–water partition coefficient (Wildman–Crippen LogP) is 3.74. The van der Waals surface area contributed by atoms with Gasteiger partial charge in [0.2, 0.25) is 5.91 Å². The molecule has 2 aromatic heterocycles. The number of carbonyl (C=O) groups is 1. The number of hydrogen-bond acceptors (Lipinski definition) is 5. The van der Waals surface area contributed by atoms with Crippen LogP contribution in [0.25, 0.3) is 0 Å². The molecule has 142 valence electrons. The second-order valence-corrected chi connectivity index (χ2v) is 12.2. The molecule has 1 aliphatic rings. The van der Waals surface area contributed by atoms with Gasteiger partial charge >= 0.3 is 0 Å². The molecule has 3 rings (SSSR count). The lowest BCUT2D eigenvalue weighted by atomic mass is 10.2. The summed E-state index contributed by atoms with van der Waals surface area (Å²) in [7, 11) is -3.43. The summed E-state index contributed by atoms with van der Waals surface area (Å²) in [5.41, 5.74) is 0. The molecule has 0 N–H and O–H groups in total. The Balaban J connectivity index is 1.47. The highest BCUT2D eigenvalue weighted by molar-refractivity contribution is 9.11. The highest BCUT2D eigenvalue weighted by Gasteiger charge is 2.30. The normalized spacial score (nSPS) is 16.2. The third kappa shape index (κ3) is 4.75. The van der Waals surface area contributed by atoms with E-state index < -0.39 is 10.0 Å². The second-order valence-electron chi connectivity index (χ2n) is 6.21. The van der Waals surface area contributed by atoms with Crippen LogP contribution in [0.4, 0.5) is 0 Å². The molecule has 9 heteroatoms. The molecule has 0 atom stereocenters. The largest absolute Gasteiger partial charge is 0.340 e. The van der Waals surface area contributed by atoms with Crippen molar-refractivity contribution in [3.8, 4) is 0 Å². The summed E-state index contributed by atoms with van der Waals surface area (Å²) in [6.07, 6.45) is 2.22. The molecule has 0 unspecified atom stereocenters. The first-order valence-electron chi connectivity index (χ1n) is 8.45. The molecule has 0 spiro atoms. The van der Waals surface area contributed by atoms with E-state index >= 15 is 0 Å². The molecule has 26 heavy (non-hydrogen) atoms. The van der Waals surface area contributed by atoms with Gasteiger partial charge in [0.05, 0.1) is 3.79 Å². The van der Waals surface area contributed by atoms with Gasteiger partial charge in [-0.15, -0.1) is 22.7 Å². The van der Waals surface area contributed by atoms with Gasteiger partial charge in [0.25, 0.3) is 10.0 Å². The van der Waals surface area contributed by atoms with Crippen LogP contribution in [0.2, 0.25) is 0 Å². The van der Waals surface area contributed by atoms with Gasteiger partial charge in [-0.1, -0.05) is 0 Å². The number of thiophene rings is 2. The Hall–Kier alpha value is -0.740. The molecule has 1 fully saturated rings. The number of carbonyl (C=O) groups excluding carboxylic acids is 1. The highest BCUT2D eigenvalue weighted by Crippen LogP contribution is 2.26. The summed E-state index contributed by atoms with van der Waals surface area (Å²) >= 11 is 6.44. The maximum Gasteiger partial charge on any atom is 0.252 e. The van der Waals surface area contributed by atoms with Crippen molar-refractivity contribution in [1.82, 2.24) is 9.21 Å². The highest BCUT2D eigenvalue weighted by atomic mass is 79.9. The average molecular weight is 477 g/mol. The van der Waals surface area contributed by atoms with Crippen LogP contribution in [-0.4, -0.2) is 49.7 Å². The van der Waals surface area contributed by atoms with E-state index in [1.807, 2.05) is 19.1 Å². The van der Waals surface area contributed by atoms with Crippen molar-refractivity contribution in [2.75, 3.05) is 26.2 Å². The van der Waals surface area contributed by atoms with Crippen LogP contribution in [0.15, 0.2) is 32.3 Å². The number of hydrogen-bond donors (Lipinski definition) is 0. The molecule has 1 amide bonds. The van der Waals surface area contributed by atoms with Crippen LogP contribution >= 0.6 is 38.6 Å². The summed E-state index contributed by atoms with van der Waals surface area (Å²) < 4.78 is 28.3. The number of halogens is 1. The second kappa shape index (κ2) is 8.52. The van der Waals surface area contributed by atoms with Crippen LogP contribution < -0.4 is 0 Å². The maximum absolute atomic E-state index is 12.6. The number of sulfonamides is 1. The Kier molecular flexibility index (Phi) is 6.55. The topological polar surface area (TPSA) is 57.7 Å². The minimum Gasteiger partial charge on any atom is -0.340 e. The van der Waals surface area contributed by atoms with Gasteiger partial charge in [-0.25, -0.2) is 8.42 Å². The molecule has 1 aliphatic heterocycles. The lowest BCUT2D eigenvalue weighted by molar-refractivity contribution is -0.132. The van der Waals surface area contributed by atoms with Gasteiger partial charge in [0, 0.05) is 42.4 Å². The minimum absolute atomic E-state index is 0.115. The van der Waals surface area contributed by atoms with E-state index in [1.165, 1.54) is 20.5 Å². The maximum atomic E-state index is 12.6. The lowest BCUT2D eigenvalue weighted by Crippen LogP contribution is -2.50. The smallest absolute Gasteiger partial charge is 0.252 e. The molecule has 2 aromatic rings. The van der Waals surface area contributed by atoms with Crippen LogP contribution in [-0.2, 0) is 21.2 Å². The average Bonchev–Trinajstić information content (AvgIpc) is 3.23. The van der Waals surface area contributed by atoms with E-state index in [1.54, 1.807) is 22.3 Å². The predicted molar refractivity (Wildman–Crippen MR) is 109 cm³/mol. The van der Waals surface area contributed by atoms with Crippen LogP contribution in [0.1, 0.15) is 22.6 Å². The number of aryl methyl sites for hydroxylation is 2. The number of piperazine rings is 1. The van der Waals surface area contributed by atoms with E-state index in [4.69, 9.17) is 0 Å². The Morgan fingerprint density at radius 2 is 1.85 bits per heavy atom. The Morgan fingerprint density at radius 3 is 2.42 bits per heavy atom. The summed E-state index contributed by atoms with van der Waals surface area (Å²) in [4.78, 5) is 16.4. The van der Waals surface area contributed by atoms with Gasteiger partial charge < -0.3 is 4.90 Å². The molecular formula is C17H21BrN2O3S3. The van der Waals surface area contributed by atoms with Crippen LogP contribution in [0.3, 0.4) is 0 Å². The monoisotopic (exact) mass is 476 g/mol. The molecule has 0 aromatic carbocycles. The SMILES string of the molecule is Cc1ccc(S(=O)(=O)N2CCN(C(=O)CCCc3ccc(Br)s3)CC2)s1. The Labute approximate surface area is 170 Å². The van der Waals surface area contributed by atoms with E-state index in [0.717, 1.165) is 21.5 Å². The molecule has 1 saturated heterocycles. The first kappa shape index (κ1) is 20.0. The van der Waals surface area contributed by atoms with E-state index in [-0.39, 0.29) is 5.91 Å². The summed E-state index contributed by atoms with van der Waals surface area (Å²) in [6, 6.07) is 7.59. The Morgan fingerprint density at radius 1 is 1.12 bits per heavy atom. The van der Waals surface area contributed by atoms with Gasteiger partial charge in [0.15, 0.2) is 0 Å². The molecule has 0 radical (unpaired) electrons. The zero-order valence-corrected chi connectivity index (χ0v) is 18.5. The molecular weight excluding hydrogens is 456 g/mol. The van der Waals surface area contributed by atoms with Gasteiger partial charge in [-0.05, 0) is 60.0 Å². The zero-order chi connectivity index (χ0) is 18.7. The lowest BCUT2D eigenvalue weighted by Gasteiger charge is -2.33. The summed E-state index contributed by atoms with van der Waals surface area (Å²) in [5, 5.41) is 0. The molecule has 5 nitrogen and oxygen atoms in total. The van der Waals surface area contributed by atoms with Crippen molar-refractivity contribution in [3.63, 3.8) is 0 Å². The standard InChI is InChI=1S/C17H21BrN2O3S3/c1-13-5-8-17(24-13)26(22,23)20-11-9-19(10-12-20)16(21)4-2-3-14-6-7-15(18)25-14/h5-8H,2-4,9-12H2,1H3. The van der Waals surface area contributed by atoms with E-state index in [0.29, 0.717) is 36.8 Å². The molecule has 0 bridgehead atoms. The van der Waals surface area contributed by atoms with Crippen molar-refractivity contribution in [3.05, 3.63) is 37.8 Å². The number of nitrogens with zero attached hydrogens (tertiary/aromatic N) is 2. The Bertz CT molecular complexity index is 867. The fourth-order valence-electron chi connectivity index (χ4n) is 2.91. The van der Waals surface area contributed by atoms with Crippen molar-refractivity contribution in [2.45, 2.75) is 30.4 Å². The third-order valence-electron chi connectivity index (χ3n) is 4.34. The fourth-order valence-corrected chi connectivity index (χ4v) is 7.30. The van der Waals surface area contributed by atoms with Crippen molar-refractivity contribution < 1.29 is 13.2 Å². The van der Waals surface area contributed by atoms with E-state index in [2.05, 4.69) is 22.0 Å². The molecule has 0 aliphatic carbocycles. The van der Waals surface area contributed by atoms with Gasteiger partial charge in [0.1, 0.15) is 4.21 Å². The minimum atomic E-state index is -3.43. The fraction of sp³-hybridized carbons (Fsp3) is 0.471. The van der Waals surface area contributed by atoms with Crippen LogP contribution in [0.5, 0.6) is 0 Å². The number of amides is 1. The van der Waals surface area contributed by atoms with E-state index in [9.17, 15) is 13.2 Å². The molecule has 0 saturated carbocycles. The first-order valence-corrected chi connectivity index (χ1v) is 12.3. The van der Waals surface area contributed by atoms with Crippen molar-refractivity contribution in [1.29, 1.82) is 0 Å². The van der Waals surface area contributed by atoms with Crippen molar-refractivity contribution in [2.24, 2.45) is 0 Å². The first-order chi connectivity index (χ1) is 12.4. The number of rotatable bonds is 6. The van der Waals surface area contributed by atoms with Gasteiger partial charge in [-0.3, -0.25) is 4.79 Å². The third-order valence-corrected chi connectivity index (χ3v) is 9.39. The summed E-state index contributed by atoms with van der Waals surface area (Å²) in [5.74, 6) is 0.115. The quantitative estimate of drug-likeness (QED) is 0.637. The summed E-state index contributed by atoms with van der Waals surface area (Å²) in [6.45, 7) is 3.56.